The van der Waals surface area contributed by atoms with Crippen molar-refractivity contribution in [2.45, 2.75) is 51.3 Å². The van der Waals surface area contributed by atoms with E-state index < -0.39 is 10.0 Å². The highest BCUT2D eigenvalue weighted by molar-refractivity contribution is 7.89. The number of aryl methyl sites for hydroxylation is 2. The summed E-state index contributed by atoms with van der Waals surface area (Å²) in [7, 11) is -3.77. The smallest absolute Gasteiger partial charge is 0.309 e. The second-order valence-electron chi connectivity index (χ2n) is 8.72. The fourth-order valence-corrected chi connectivity index (χ4v) is 7.60. The van der Waals surface area contributed by atoms with Crippen molar-refractivity contribution in [1.82, 2.24) is 19.3 Å². The standard InChI is InChI=1S/C22H30N4O6S2/c1-4-31-22(28)16-7-10-25(11-8-16)21(27)17-6-5-9-26(13-17)34(29,30)19-12-18(33-14(19)2)20-23-15(3)32-24-20/h12,16-17H,4-11,13H2,1-3H3. The third-order valence-electron chi connectivity index (χ3n) is 6.40. The van der Waals surface area contributed by atoms with E-state index in [-0.39, 0.29) is 35.2 Å². The van der Waals surface area contributed by atoms with Gasteiger partial charge in [-0.1, -0.05) is 5.16 Å². The van der Waals surface area contributed by atoms with Crippen LogP contribution in [0, 0.1) is 25.7 Å². The van der Waals surface area contributed by atoms with Crippen LogP contribution in [0.15, 0.2) is 15.5 Å². The Labute approximate surface area is 203 Å². The molecule has 2 saturated heterocycles. The molecule has 2 aromatic heterocycles. The number of hydrogen-bond acceptors (Lipinski definition) is 9. The first-order valence-corrected chi connectivity index (χ1v) is 13.8. The van der Waals surface area contributed by atoms with Gasteiger partial charge in [-0.05, 0) is 45.6 Å². The molecule has 186 valence electrons. The summed E-state index contributed by atoms with van der Waals surface area (Å²) in [5.41, 5.74) is 0. The SMILES string of the molecule is CCOC(=O)C1CCN(C(=O)C2CCCN(S(=O)(=O)c3cc(-c4noc(C)n4)sc3C)C2)CC1. The Bertz CT molecular complexity index is 1150. The lowest BCUT2D eigenvalue weighted by atomic mass is 9.93. The summed E-state index contributed by atoms with van der Waals surface area (Å²) >= 11 is 1.30. The number of ether oxygens (including phenoxy) is 1. The van der Waals surface area contributed by atoms with E-state index in [1.54, 1.807) is 31.7 Å². The van der Waals surface area contributed by atoms with E-state index in [2.05, 4.69) is 10.1 Å². The summed E-state index contributed by atoms with van der Waals surface area (Å²) in [6.45, 7) is 7.08. The molecule has 0 aliphatic carbocycles. The molecule has 0 radical (unpaired) electrons. The van der Waals surface area contributed by atoms with Gasteiger partial charge in [0.15, 0.2) is 0 Å². The van der Waals surface area contributed by atoms with Crippen LogP contribution in [0.3, 0.4) is 0 Å². The Morgan fingerprint density at radius 2 is 1.91 bits per heavy atom. The van der Waals surface area contributed by atoms with Gasteiger partial charge in [0.05, 0.1) is 28.2 Å². The lowest BCUT2D eigenvalue weighted by molar-refractivity contribution is -0.152. The molecule has 0 N–H and O–H groups in total. The van der Waals surface area contributed by atoms with Gasteiger partial charge in [-0.25, -0.2) is 8.42 Å². The number of aromatic nitrogens is 2. The van der Waals surface area contributed by atoms with Crippen molar-refractivity contribution in [2.75, 3.05) is 32.8 Å². The fourth-order valence-electron chi connectivity index (χ4n) is 4.59. The molecule has 10 nitrogen and oxygen atoms in total. The lowest BCUT2D eigenvalue weighted by Gasteiger charge is -2.37. The number of hydrogen-bond donors (Lipinski definition) is 0. The van der Waals surface area contributed by atoms with Crippen molar-refractivity contribution in [3.63, 3.8) is 0 Å². The first-order valence-electron chi connectivity index (χ1n) is 11.6. The minimum absolute atomic E-state index is 0.0350. The monoisotopic (exact) mass is 510 g/mol. The molecule has 0 saturated carbocycles. The van der Waals surface area contributed by atoms with E-state index in [4.69, 9.17) is 9.26 Å². The van der Waals surface area contributed by atoms with Gasteiger partial charge in [-0.3, -0.25) is 9.59 Å². The van der Waals surface area contributed by atoms with Crippen LogP contribution in [0.25, 0.3) is 10.7 Å². The number of nitrogens with zero attached hydrogens (tertiary/aromatic N) is 4. The number of amides is 1. The number of sulfonamides is 1. The molecule has 0 bridgehead atoms. The zero-order valence-corrected chi connectivity index (χ0v) is 21.3. The predicted molar refractivity (Wildman–Crippen MR) is 125 cm³/mol. The van der Waals surface area contributed by atoms with E-state index in [9.17, 15) is 18.0 Å². The van der Waals surface area contributed by atoms with Crippen molar-refractivity contribution in [3.05, 3.63) is 16.8 Å². The highest BCUT2D eigenvalue weighted by Crippen LogP contribution is 2.35. The van der Waals surface area contributed by atoms with Gasteiger partial charge < -0.3 is 14.2 Å². The molecule has 1 amide bonds. The van der Waals surface area contributed by atoms with Gasteiger partial charge in [0, 0.05) is 38.0 Å². The van der Waals surface area contributed by atoms with Gasteiger partial charge in [-0.15, -0.1) is 11.3 Å². The van der Waals surface area contributed by atoms with Crippen molar-refractivity contribution in [2.24, 2.45) is 11.8 Å². The molecule has 1 unspecified atom stereocenters. The van der Waals surface area contributed by atoms with Gasteiger partial charge >= 0.3 is 5.97 Å². The highest BCUT2D eigenvalue weighted by atomic mass is 32.2. The topological polar surface area (TPSA) is 123 Å². The number of piperidine rings is 2. The maximum absolute atomic E-state index is 13.5. The molecule has 2 aromatic rings. The maximum Gasteiger partial charge on any atom is 0.309 e. The number of thiophene rings is 1. The van der Waals surface area contributed by atoms with Crippen LogP contribution in [-0.4, -0.2) is 72.4 Å². The second-order valence-corrected chi connectivity index (χ2v) is 11.9. The van der Waals surface area contributed by atoms with E-state index in [0.717, 1.165) is 0 Å². The van der Waals surface area contributed by atoms with Gasteiger partial charge in [0.1, 0.15) is 0 Å². The van der Waals surface area contributed by atoms with E-state index in [1.165, 1.54) is 15.6 Å². The minimum atomic E-state index is -3.77. The van der Waals surface area contributed by atoms with Crippen LogP contribution in [-0.2, 0) is 24.3 Å². The van der Waals surface area contributed by atoms with Crippen molar-refractivity contribution in [1.29, 1.82) is 0 Å². The summed E-state index contributed by atoms with van der Waals surface area (Å²) in [5, 5.41) is 3.89. The summed E-state index contributed by atoms with van der Waals surface area (Å²) in [6.07, 6.45) is 2.42. The Morgan fingerprint density at radius 1 is 1.18 bits per heavy atom. The quantitative estimate of drug-likeness (QED) is 0.544. The molecule has 4 rings (SSSR count). The van der Waals surface area contributed by atoms with Gasteiger partial charge in [0.2, 0.25) is 27.6 Å². The number of carbonyl (C=O) groups is 2. The fraction of sp³-hybridized carbons (Fsp3) is 0.636. The Kier molecular flexibility index (Phi) is 7.39. The average Bonchev–Trinajstić information content (AvgIpc) is 3.44. The zero-order valence-electron chi connectivity index (χ0n) is 19.7. The zero-order chi connectivity index (χ0) is 24.5. The summed E-state index contributed by atoms with van der Waals surface area (Å²) in [4.78, 5) is 32.6. The molecule has 2 fully saturated rings. The number of esters is 1. The highest BCUT2D eigenvalue weighted by Gasteiger charge is 2.38. The van der Waals surface area contributed by atoms with Crippen LogP contribution in [0.5, 0.6) is 0 Å². The number of likely N-dealkylation sites (tertiary alicyclic amines) is 1. The summed E-state index contributed by atoms with van der Waals surface area (Å²) < 4.78 is 38.5. The van der Waals surface area contributed by atoms with Crippen LogP contribution in [0.2, 0.25) is 0 Å². The van der Waals surface area contributed by atoms with Crippen molar-refractivity contribution >= 4 is 33.2 Å². The molecule has 34 heavy (non-hydrogen) atoms. The van der Waals surface area contributed by atoms with E-state index in [0.29, 0.717) is 73.4 Å². The van der Waals surface area contributed by atoms with Crippen molar-refractivity contribution < 1.29 is 27.3 Å². The molecule has 1 atom stereocenters. The second kappa shape index (κ2) is 10.1. The maximum atomic E-state index is 13.5. The van der Waals surface area contributed by atoms with Crippen LogP contribution < -0.4 is 0 Å². The molecule has 4 heterocycles. The average molecular weight is 511 g/mol. The predicted octanol–water partition coefficient (Wildman–Crippen LogP) is 2.62. The molecule has 2 aliphatic heterocycles. The molecular weight excluding hydrogens is 480 g/mol. The van der Waals surface area contributed by atoms with E-state index in [1.807, 2.05) is 0 Å². The number of rotatable bonds is 6. The molecule has 2 aliphatic rings. The van der Waals surface area contributed by atoms with Crippen LogP contribution in [0.4, 0.5) is 0 Å². The lowest BCUT2D eigenvalue weighted by Crippen LogP contribution is -2.49. The first-order chi connectivity index (χ1) is 16.2. The third kappa shape index (κ3) is 5.03. The van der Waals surface area contributed by atoms with E-state index >= 15 is 0 Å². The Balaban J connectivity index is 1.43. The van der Waals surface area contributed by atoms with Crippen molar-refractivity contribution in [3.8, 4) is 10.7 Å². The molecule has 12 heteroatoms. The molecule has 0 aromatic carbocycles. The van der Waals surface area contributed by atoms with Gasteiger partial charge in [0.25, 0.3) is 0 Å². The summed E-state index contributed by atoms with van der Waals surface area (Å²) in [6, 6.07) is 1.59. The molecule has 0 spiro atoms. The third-order valence-corrected chi connectivity index (χ3v) is 9.56. The Morgan fingerprint density at radius 3 is 2.56 bits per heavy atom. The summed E-state index contributed by atoms with van der Waals surface area (Å²) in [5.74, 6) is -0.0238. The molecular formula is C22H30N4O6S2. The van der Waals surface area contributed by atoms with Crippen LogP contribution >= 0.6 is 11.3 Å². The Hall–Kier alpha value is -2.31. The minimum Gasteiger partial charge on any atom is -0.466 e. The van der Waals surface area contributed by atoms with Gasteiger partial charge in [-0.2, -0.15) is 9.29 Å². The first kappa shape index (κ1) is 24.8. The normalized spacial score (nSPS) is 20.4. The van der Waals surface area contributed by atoms with Crippen LogP contribution in [0.1, 0.15) is 43.4 Å². The number of carbonyl (C=O) groups excluding carboxylic acids is 2. The largest absolute Gasteiger partial charge is 0.466 e.